The third kappa shape index (κ3) is 2.46. The molecule has 0 unspecified atom stereocenters. The van der Waals surface area contributed by atoms with Crippen LogP contribution in [0, 0.1) is 6.92 Å². The van der Waals surface area contributed by atoms with E-state index < -0.39 is 23.3 Å². The fourth-order valence-corrected chi connectivity index (χ4v) is 1.86. The van der Waals surface area contributed by atoms with Gasteiger partial charge in [-0.1, -0.05) is 0 Å². The Kier molecular flexibility index (Phi) is 3.47. The van der Waals surface area contributed by atoms with E-state index in [2.05, 4.69) is 4.98 Å². The van der Waals surface area contributed by atoms with E-state index >= 15 is 0 Å². The van der Waals surface area contributed by atoms with Crippen molar-refractivity contribution in [3.63, 3.8) is 0 Å². The minimum atomic E-state index is -4.69. The monoisotopic (exact) mass is 251 g/mol. The van der Waals surface area contributed by atoms with Crippen LogP contribution in [0.3, 0.4) is 0 Å². The summed E-state index contributed by atoms with van der Waals surface area (Å²) in [6, 6.07) is 0.739. The second kappa shape index (κ2) is 4.32. The van der Waals surface area contributed by atoms with Gasteiger partial charge < -0.3 is 5.11 Å². The Morgan fingerprint density at radius 3 is 2.44 bits per heavy atom. The van der Waals surface area contributed by atoms with Crippen LogP contribution in [0.25, 0.3) is 0 Å². The van der Waals surface area contributed by atoms with Gasteiger partial charge in [-0.3, -0.25) is 0 Å². The molecule has 3 nitrogen and oxygen atoms in total. The number of carboxylic acids is 1. The molecule has 16 heavy (non-hydrogen) atoms. The Hall–Kier alpha value is -1.24. The number of hydrogen-bond acceptors (Lipinski definition) is 3. The van der Waals surface area contributed by atoms with Crippen LogP contribution in [0.2, 0.25) is 0 Å². The second-order valence-electron chi connectivity index (χ2n) is 3.00. The second-order valence-corrected chi connectivity index (χ2v) is 3.79. The molecule has 0 aliphatic rings. The first-order chi connectivity index (χ1) is 7.27. The lowest BCUT2D eigenvalue weighted by molar-refractivity contribution is -0.138. The Labute approximate surface area is 93.7 Å². The van der Waals surface area contributed by atoms with Crippen LogP contribution in [0.15, 0.2) is 11.1 Å². The number of aryl methyl sites for hydroxylation is 1. The third-order valence-corrected chi connectivity index (χ3v) is 2.51. The zero-order valence-electron chi connectivity index (χ0n) is 8.42. The maximum atomic E-state index is 12.6. The quantitative estimate of drug-likeness (QED) is 0.821. The lowest BCUT2D eigenvalue weighted by atomic mass is 10.1. The summed E-state index contributed by atoms with van der Waals surface area (Å²) >= 11 is 0.876. The van der Waals surface area contributed by atoms with Gasteiger partial charge in [-0.25, -0.2) is 9.78 Å². The summed E-state index contributed by atoms with van der Waals surface area (Å²) < 4.78 is 37.8. The van der Waals surface area contributed by atoms with Gasteiger partial charge in [0, 0.05) is 5.69 Å². The molecule has 0 saturated heterocycles. The Balaban J connectivity index is 3.57. The molecule has 7 heteroatoms. The van der Waals surface area contributed by atoms with E-state index in [0.29, 0.717) is 0 Å². The van der Waals surface area contributed by atoms with Crippen LogP contribution in [-0.4, -0.2) is 22.3 Å². The fraction of sp³-hybridized carbons (Fsp3) is 0.333. The number of rotatable bonds is 2. The number of aromatic carboxylic acids is 1. The first kappa shape index (κ1) is 12.8. The molecule has 1 aromatic rings. The largest absolute Gasteiger partial charge is 0.478 e. The highest BCUT2D eigenvalue weighted by atomic mass is 32.2. The predicted molar refractivity (Wildman–Crippen MR) is 52.7 cm³/mol. The number of carbonyl (C=O) groups is 1. The van der Waals surface area contributed by atoms with E-state index in [4.69, 9.17) is 5.11 Å². The first-order valence-corrected chi connectivity index (χ1v) is 5.36. The summed E-state index contributed by atoms with van der Waals surface area (Å²) in [7, 11) is 0. The molecule has 88 valence electrons. The van der Waals surface area contributed by atoms with Gasteiger partial charge in [-0.05, 0) is 19.2 Å². The predicted octanol–water partition coefficient (Wildman–Crippen LogP) is 2.83. The Morgan fingerprint density at radius 1 is 1.50 bits per heavy atom. The smallest absolute Gasteiger partial charge is 0.417 e. The highest BCUT2D eigenvalue weighted by Crippen LogP contribution is 2.35. The summed E-state index contributed by atoms with van der Waals surface area (Å²) in [6.07, 6.45) is -3.21. The molecule has 0 saturated carbocycles. The average Bonchev–Trinajstić information content (AvgIpc) is 2.14. The van der Waals surface area contributed by atoms with Crippen molar-refractivity contribution in [2.24, 2.45) is 0 Å². The van der Waals surface area contributed by atoms with Gasteiger partial charge in [0.1, 0.15) is 10.6 Å². The lowest BCUT2D eigenvalue weighted by Crippen LogP contribution is -2.15. The average molecular weight is 251 g/mol. The molecule has 0 aromatic carbocycles. The van der Waals surface area contributed by atoms with Gasteiger partial charge >= 0.3 is 12.1 Å². The van der Waals surface area contributed by atoms with Crippen molar-refractivity contribution in [3.05, 3.63) is 22.9 Å². The molecule has 1 rings (SSSR count). The van der Waals surface area contributed by atoms with Crippen LogP contribution in [0.4, 0.5) is 13.2 Å². The molecule has 0 amide bonds. The Bertz CT molecular complexity index is 431. The number of hydrogen-bond donors (Lipinski definition) is 1. The van der Waals surface area contributed by atoms with Crippen LogP contribution in [0.1, 0.15) is 21.6 Å². The standard InChI is InChI=1S/C9H8F3NO2S/c1-4-3-5(9(10,11)12)6(8(14)15)7(13-4)16-2/h3H,1-2H3,(H,14,15). The lowest BCUT2D eigenvalue weighted by Gasteiger charge is -2.13. The zero-order valence-corrected chi connectivity index (χ0v) is 9.24. The van der Waals surface area contributed by atoms with Crippen LogP contribution < -0.4 is 0 Å². The van der Waals surface area contributed by atoms with Crippen molar-refractivity contribution in [2.45, 2.75) is 18.1 Å². The minimum Gasteiger partial charge on any atom is -0.478 e. The van der Waals surface area contributed by atoms with Gasteiger partial charge in [0.25, 0.3) is 0 Å². The van der Waals surface area contributed by atoms with Gasteiger partial charge in [0.05, 0.1) is 5.56 Å². The molecule has 0 atom stereocenters. The summed E-state index contributed by atoms with van der Waals surface area (Å²) in [5.41, 5.74) is -1.80. The minimum absolute atomic E-state index is 0.125. The molecule has 0 aliphatic carbocycles. The summed E-state index contributed by atoms with van der Waals surface area (Å²) in [4.78, 5) is 14.6. The van der Waals surface area contributed by atoms with Crippen LogP contribution in [-0.2, 0) is 6.18 Å². The molecule has 1 heterocycles. The maximum absolute atomic E-state index is 12.6. The molecule has 1 aromatic heterocycles. The number of aromatic nitrogens is 1. The van der Waals surface area contributed by atoms with Gasteiger partial charge in [-0.2, -0.15) is 13.2 Å². The summed E-state index contributed by atoms with van der Waals surface area (Å²) in [5, 5.41) is 8.65. The highest BCUT2D eigenvalue weighted by Gasteiger charge is 2.37. The molecule has 0 fully saturated rings. The van der Waals surface area contributed by atoms with Gasteiger partial charge in [-0.15, -0.1) is 11.8 Å². The van der Waals surface area contributed by atoms with Gasteiger partial charge in [0.15, 0.2) is 0 Å². The number of alkyl halides is 3. The molecule has 0 spiro atoms. The number of pyridine rings is 1. The zero-order chi connectivity index (χ0) is 12.5. The summed E-state index contributed by atoms with van der Waals surface area (Å²) in [5.74, 6) is -1.62. The maximum Gasteiger partial charge on any atom is 0.417 e. The molecule has 0 bridgehead atoms. The normalized spacial score (nSPS) is 11.6. The van der Waals surface area contributed by atoms with Crippen molar-refractivity contribution >= 4 is 17.7 Å². The molecule has 1 N–H and O–H groups in total. The molecular weight excluding hydrogens is 243 g/mol. The SMILES string of the molecule is CSc1nc(C)cc(C(F)(F)F)c1C(=O)O. The van der Waals surface area contributed by atoms with Crippen molar-refractivity contribution in [2.75, 3.05) is 6.26 Å². The van der Waals surface area contributed by atoms with Crippen molar-refractivity contribution in [1.82, 2.24) is 4.98 Å². The van der Waals surface area contributed by atoms with E-state index in [-0.39, 0.29) is 10.7 Å². The van der Waals surface area contributed by atoms with Crippen molar-refractivity contribution in [3.8, 4) is 0 Å². The van der Waals surface area contributed by atoms with Crippen LogP contribution in [0.5, 0.6) is 0 Å². The molecule has 0 radical (unpaired) electrons. The van der Waals surface area contributed by atoms with E-state index in [1.807, 2.05) is 0 Å². The van der Waals surface area contributed by atoms with E-state index in [9.17, 15) is 18.0 Å². The third-order valence-electron chi connectivity index (χ3n) is 1.83. The van der Waals surface area contributed by atoms with E-state index in [1.165, 1.54) is 13.2 Å². The number of nitrogens with zero attached hydrogens (tertiary/aromatic N) is 1. The van der Waals surface area contributed by atoms with Gasteiger partial charge in [0.2, 0.25) is 0 Å². The summed E-state index contributed by atoms with van der Waals surface area (Å²) in [6.45, 7) is 1.39. The van der Waals surface area contributed by atoms with E-state index in [1.54, 1.807) is 0 Å². The number of halogens is 3. The van der Waals surface area contributed by atoms with Crippen LogP contribution >= 0.6 is 11.8 Å². The first-order valence-electron chi connectivity index (χ1n) is 4.13. The molecular formula is C9H8F3NO2S. The topological polar surface area (TPSA) is 50.2 Å². The number of thioether (sulfide) groups is 1. The fourth-order valence-electron chi connectivity index (χ4n) is 1.22. The Morgan fingerprint density at radius 2 is 2.06 bits per heavy atom. The highest BCUT2D eigenvalue weighted by molar-refractivity contribution is 7.98. The number of carboxylic acid groups (broad SMARTS) is 1. The van der Waals surface area contributed by atoms with E-state index in [0.717, 1.165) is 17.8 Å². The van der Waals surface area contributed by atoms with Crippen molar-refractivity contribution in [1.29, 1.82) is 0 Å². The van der Waals surface area contributed by atoms with Crippen molar-refractivity contribution < 1.29 is 23.1 Å². The molecule has 0 aliphatic heterocycles.